The van der Waals surface area contributed by atoms with Gasteiger partial charge in [0.15, 0.2) is 0 Å². The summed E-state index contributed by atoms with van der Waals surface area (Å²) in [5.74, 6) is -2.59. The standard InChI is InChI=1S/C17H18F2/c18-17(19,13-11-15-7-3-1-4-8-15)14-12-16-9-5-2-6-10-16/h1-10H,11-14H2. The quantitative estimate of drug-likeness (QED) is 0.694. The van der Waals surface area contributed by atoms with Gasteiger partial charge in [0.2, 0.25) is 5.92 Å². The molecule has 0 N–H and O–H groups in total. The monoisotopic (exact) mass is 260 g/mol. The summed E-state index contributed by atoms with van der Waals surface area (Å²) >= 11 is 0. The Labute approximate surface area is 113 Å². The average molecular weight is 260 g/mol. The third kappa shape index (κ3) is 4.82. The van der Waals surface area contributed by atoms with E-state index in [2.05, 4.69) is 0 Å². The molecular weight excluding hydrogens is 242 g/mol. The molecule has 2 aromatic carbocycles. The van der Waals surface area contributed by atoms with Gasteiger partial charge in [-0.15, -0.1) is 0 Å². The topological polar surface area (TPSA) is 0 Å². The smallest absolute Gasteiger partial charge is 0.207 e. The van der Waals surface area contributed by atoms with Gasteiger partial charge in [-0.2, -0.15) is 0 Å². The summed E-state index contributed by atoms with van der Waals surface area (Å²) in [5.41, 5.74) is 1.95. The van der Waals surface area contributed by atoms with Crippen LogP contribution in [0.2, 0.25) is 0 Å². The van der Waals surface area contributed by atoms with Crippen LogP contribution in [-0.2, 0) is 12.8 Å². The molecule has 2 heteroatoms. The van der Waals surface area contributed by atoms with Gasteiger partial charge in [-0.05, 0) is 24.0 Å². The van der Waals surface area contributed by atoms with Crippen molar-refractivity contribution in [1.82, 2.24) is 0 Å². The van der Waals surface area contributed by atoms with Crippen molar-refractivity contribution in [1.29, 1.82) is 0 Å². The lowest BCUT2D eigenvalue weighted by molar-refractivity contribution is -0.0154. The summed E-state index contributed by atoms with van der Waals surface area (Å²) in [7, 11) is 0. The number of halogens is 2. The van der Waals surface area contributed by atoms with Gasteiger partial charge in [-0.25, -0.2) is 8.78 Å². The predicted molar refractivity (Wildman–Crippen MR) is 74.5 cm³/mol. The second kappa shape index (κ2) is 6.46. The molecule has 0 fully saturated rings. The molecular formula is C17H18F2. The zero-order valence-corrected chi connectivity index (χ0v) is 10.9. The van der Waals surface area contributed by atoms with Crippen LogP contribution in [0.25, 0.3) is 0 Å². The largest absolute Gasteiger partial charge is 0.248 e. The van der Waals surface area contributed by atoms with Gasteiger partial charge in [0.1, 0.15) is 0 Å². The maximum atomic E-state index is 13.8. The lowest BCUT2D eigenvalue weighted by atomic mass is 10.0. The van der Waals surface area contributed by atoms with Crippen molar-refractivity contribution in [3.8, 4) is 0 Å². The van der Waals surface area contributed by atoms with Gasteiger partial charge < -0.3 is 0 Å². The maximum absolute atomic E-state index is 13.8. The molecule has 0 aliphatic heterocycles. The Kier molecular flexibility index (Phi) is 4.67. The van der Waals surface area contributed by atoms with Gasteiger partial charge in [0, 0.05) is 12.8 Å². The molecule has 0 radical (unpaired) electrons. The van der Waals surface area contributed by atoms with E-state index in [0.29, 0.717) is 12.8 Å². The first kappa shape index (κ1) is 13.7. The number of aryl methyl sites for hydroxylation is 2. The minimum absolute atomic E-state index is 0.0795. The number of hydrogen-bond donors (Lipinski definition) is 0. The first-order valence-corrected chi connectivity index (χ1v) is 6.61. The summed E-state index contributed by atoms with van der Waals surface area (Å²) < 4.78 is 27.6. The molecule has 0 aromatic heterocycles. The number of alkyl halides is 2. The molecule has 0 heterocycles. The molecule has 0 aliphatic carbocycles. The van der Waals surface area contributed by atoms with Crippen molar-refractivity contribution in [2.75, 3.05) is 0 Å². The number of rotatable bonds is 6. The molecule has 0 saturated heterocycles. The Morgan fingerprint density at radius 2 is 1.00 bits per heavy atom. The highest BCUT2D eigenvalue weighted by atomic mass is 19.3. The maximum Gasteiger partial charge on any atom is 0.248 e. The first-order chi connectivity index (χ1) is 9.16. The fourth-order valence-corrected chi connectivity index (χ4v) is 2.07. The fourth-order valence-electron chi connectivity index (χ4n) is 2.07. The fraction of sp³-hybridized carbons (Fsp3) is 0.294. The van der Waals surface area contributed by atoms with Crippen LogP contribution in [0.3, 0.4) is 0 Å². The number of benzene rings is 2. The van der Waals surface area contributed by atoms with E-state index in [1.54, 1.807) is 0 Å². The van der Waals surface area contributed by atoms with Gasteiger partial charge in [-0.3, -0.25) is 0 Å². The van der Waals surface area contributed by atoms with E-state index in [0.717, 1.165) is 11.1 Å². The SMILES string of the molecule is FC(F)(CCc1ccccc1)CCc1ccccc1. The van der Waals surface area contributed by atoms with E-state index in [1.807, 2.05) is 60.7 Å². The minimum atomic E-state index is -2.59. The Bertz CT molecular complexity index is 432. The molecule has 0 bridgehead atoms. The Balaban J connectivity index is 1.82. The molecule has 0 spiro atoms. The highest BCUT2D eigenvalue weighted by molar-refractivity contribution is 5.16. The van der Waals surface area contributed by atoms with Crippen molar-refractivity contribution in [3.63, 3.8) is 0 Å². The van der Waals surface area contributed by atoms with Crippen LogP contribution in [0.1, 0.15) is 24.0 Å². The van der Waals surface area contributed by atoms with Crippen LogP contribution >= 0.6 is 0 Å². The molecule has 0 nitrogen and oxygen atoms in total. The van der Waals surface area contributed by atoms with Crippen molar-refractivity contribution in [2.45, 2.75) is 31.6 Å². The van der Waals surface area contributed by atoms with E-state index in [1.165, 1.54) is 0 Å². The lowest BCUT2D eigenvalue weighted by Gasteiger charge is -2.16. The molecule has 0 atom stereocenters. The van der Waals surface area contributed by atoms with Crippen molar-refractivity contribution < 1.29 is 8.78 Å². The van der Waals surface area contributed by atoms with Gasteiger partial charge >= 0.3 is 0 Å². The van der Waals surface area contributed by atoms with Gasteiger partial charge in [-0.1, -0.05) is 60.7 Å². The van der Waals surface area contributed by atoms with Crippen molar-refractivity contribution in [3.05, 3.63) is 71.8 Å². The van der Waals surface area contributed by atoms with Crippen molar-refractivity contribution >= 4 is 0 Å². The van der Waals surface area contributed by atoms with Crippen LogP contribution in [0.15, 0.2) is 60.7 Å². The van der Waals surface area contributed by atoms with Gasteiger partial charge in [0.05, 0.1) is 0 Å². The zero-order valence-electron chi connectivity index (χ0n) is 10.9. The van der Waals surface area contributed by atoms with Crippen LogP contribution in [-0.4, -0.2) is 5.92 Å². The van der Waals surface area contributed by atoms with E-state index in [9.17, 15) is 8.78 Å². The highest BCUT2D eigenvalue weighted by Crippen LogP contribution is 2.26. The van der Waals surface area contributed by atoms with E-state index < -0.39 is 5.92 Å². The van der Waals surface area contributed by atoms with Crippen LogP contribution < -0.4 is 0 Å². The molecule has 19 heavy (non-hydrogen) atoms. The summed E-state index contributed by atoms with van der Waals surface area (Å²) in [5, 5.41) is 0. The molecule has 2 rings (SSSR count). The second-order valence-electron chi connectivity index (χ2n) is 4.83. The van der Waals surface area contributed by atoms with E-state index in [4.69, 9.17) is 0 Å². The lowest BCUT2D eigenvalue weighted by Crippen LogP contribution is -2.18. The van der Waals surface area contributed by atoms with E-state index in [-0.39, 0.29) is 12.8 Å². The Hall–Kier alpha value is -1.70. The highest BCUT2D eigenvalue weighted by Gasteiger charge is 2.27. The zero-order chi connectivity index (χ0) is 13.6. The number of hydrogen-bond acceptors (Lipinski definition) is 0. The summed E-state index contributed by atoms with van der Waals surface area (Å²) in [6.07, 6.45) is 0.707. The predicted octanol–water partition coefficient (Wildman–Crippen LogP) is 4.89. The molecule has 0 unspecified atom stereocenters. The summed E-state index contributed by atoms with van der Waals surface area (Å²) in [4.78, 5) is 0. The molecule has 100 valence electrons. The first-order valence-electron chi connectivity index (χ1n) is 6.61. The normalized spacial score (nSPS) is 11.5. The second-order valence-corrected chi connectivity index (χ2v) is 4.83. The Morgan fingerprint density at radius 1 is 0.632 bits per heavy atom. The third-order valence-electron chi connectivity index (χ3n) is 3.24. The van der Waals surface area contributed by atoms with Crippen LogP contribution in [0.5, 0.6) is 0 Å². The summed E-state index contributed by atoms with van der Waals surface area (Å²) in [6, 6.07) is 18.9. The van der Waals surface area contributed by atoms with Crippen molar-refractivity contribution in [2.24, 2.45) is 0 Å². The molecule has 2 aromatic rings. The Morgan fingerprint density at radius 3 is 1.37 bits per heavy atom. The molecule has 0 saturated carbocycles. The van der Waals surface area contributed by atoms with Gasteiger partial charge in [0.25, 0.3) is 0 Å². The van der Waals surface area contributed by atoms with Crippen LogP contribution in [0, 0.1) is 0 Å². The average Bonchev–Trinajstić information content (AvgIpc) is 2.46. The molecule has 0 amide bonds. The summed E-state index contributed by atoms with van der Waals surface area (Å²) in [6.45, 7) is 0. The minimum Gasteiger partial charge on any atom is -0.207 e. The third-order valence-corrected chi connectivity index (χ3v) is 3.24. The van der Waals surface area contributed by atoms with E-state index >= 15 is 0 Å². The molecule has 0 aliphatic rings. The van der Waals surface area contributed by atoms with Crippen LogP contribution in [0.4, 0.5) is 8.78 Å².